The molecular formula is C25H33N7O3. The normalized spacial score (nSPS) is 16.0. The zero-order valence-corrected chi connectivity index (χ0v) is 20.3. The molecular weight excluding hydrogens is 446 g/mol. The molecule has 186 valence electrons. The lowest BCUT2D eigenvalue weighted by molar-refractivity contribution is 0.0940. The number of anilines is 2. The van der Waals surface area contributed by atoms with E-state index in [4.69, 9.17) is 10.5 Å². The van der Waals surface area contributed by atoms with Crippen molar-refractivity contribution in [2.45, 2.75) is 38.8 Å². The highest BCUT2D eigenvalue weighted by molar-refractivity contribution is 6.04. The van der Waals surface area contributed by atoms with Crippen LogP contribution in [0.15, 0.2) is 36.5 Å². The van der Waals surface area contributed by atoms with Crippen LogP contribution in [0, 0.1) is 0 Å². The second kappa shape index (κ2) is 11.3. The molecule has 10 nitrogen and oxygen atoms in total. The Hall–Kier alpha value is -3.50. The number of carbonyl (C=O) groups excluding carboxylic acids is 2. The lowest BCUT2D eigenvalue weighted by Gasteiger charge is -2.22. The molecule has 0 saturated carbocycles. The predicted octanol–water partition coefficient (Wildman–Crippen LogP) is 2.52. The zero-order valence-electron chi connectivity index (χ0n) is 20.3. The standard InChI is InChI=1S/C25H33N7O3/c1-3-31-10-5-9-20(31)16-28-23(33)18-14-21-22(27-15-18)32(11-6-12-35-2)25(29-21)30-24(34)17-7-4-8-19(26)13-17/h4,7-8,13-15,20H,3,5-6,9-12,16,26H2,1-2H3,(H,28,33)(H,29,30,34). The SMILES string of the molecule is CCN1CCCC1CNC(=O)c1cnc2c(c1)nc(NC(=O)c1cccc(N)c1)n2CCCOC. The van der Waals surface area contributed by atoms with Crippen LogP contribution >= 0.6 is 0 Å². The van der Waals surface area contributed by atoms with Crippen molar-refractivity contribution in [2.24, 2.45) is 0 Å². The third-order valence-corrected chi connectivity index (χ3v) is 6.35. The lowest BCUT2D eigenvalue weighted by Crippen LogP contribution is -2.40. The smallest absolute Gasteiger partial charge is 0.258 e. The molecule has 35 heavy (non-hydrogen) atoms. The number of nitrogens with zero attached hydrogens (tertiary/aromatic N) is 4. The van der Waals surface area contributed by atoms with Crippen LogP contribution in [0.25, 0.3) is 11.2 Å². The van der Waals surface area contributed by atoms with Crippen LogP contribution in [0.1, 0.15) is 46.9 Å². The largest absolute Gasteiger partial charge is 0.399 e. The molecule has 0 spiro atoms. The van der Waals surface area contributed by atoms with Crippen molar-refractivity contribution >= 4 is 34.6 Å². The number of imidazole rings is 1. The number of ether oxygens (including phenoxy) is 1. The Kier molecular flexibility index (Phi) is 7.94. The molecule has 0 aliphatic carbocycles. The number of hydrogen-bond acceptors (Lipinski definition) is 7. The highest BCUT2D eigenvalue weighted by Crippen LogP contribution is 2.21. The number of aryl methyl sites for hydroxylation is 1. The highest BCUT2D eigenvalue weighted by Gasteiger charge is 2.24. The number of likely N-dealkylation sites (N-methyl/N-ethyl adjacent to an activating group) is 1. The summed E-state index contributed by atoms with van der Waals surface area (Å²) in [6.07, 6.45) is 4.52. The Labute approximate surface area is 204 Å². The Balaban J connectivity index is 1.54. The first-order valence-corrected chi connectivity index (χ1v) is 12.0. The summed E-state index contributed by atoms with van der Waals surface area (Å²) in [6.45, 7) is 5.91. The average molecular weight is 480 g/mol. The van der Waals surface area contributed by atoms with Gasteiger partial charge in [0.15, 0.2) is 5.65 Å². The molecule has 0 bridgehead atoms. The number of carbonyl (C=O) groups is 2. The Morgan fingerprint density at radius 1 is 1.23 bits per heavy atom. The Bertz CT molecular complexity index is 1190. The minimum atomic E-state index is -0.324. The number of nitrogens with one attached hydrogen (secondary N) is 2. The van der Waals surface area contributed by atoms with Gasteiger partial charge in [-0.05, 0) is 56.6 Å². The molecule has 3 heterocycles. The molecule has 4 N–H and O–H groups in total. The predicted molar refractivity (Wildman–Crippen MR) is 135 cm³/mol. The summed E-state index contributed by atoms with van der Waals surface area (Å²) in [4.78, 5) is 37.2. The fraction of sp³-hybridized carbons (Fsp3) is 0.440. The van der Waals surface area contributed by atoms with Crippen molar-refractivity contribution in [1.29, 1.82) is 0 Å². The number of nitrogen functional groups attached to an aromatic ring is 1. The average Bonchev–Trinajstić information content (AvgIpc) is 3.46. The molecule has 1 unspecified atom stereocenters. The van der Waals surface area contributed by atoms with E-state index in [2.05, 4.69) is 32.4 Å². The van der Waals surface area contributed by atoms with Crippen molar-refractivity contribution in [3.63, 3.8) is 0 Å². The Morgan fingerprint density at radius 2 is 2.09 bits per heavy atom. The molecule has 1 atom stereocenters. The highest BCUT2D eigenvalue weighted by atomic mass is 16.5. The van der Waals surface area contributed by atoms with E-state index < -0.39 is 0 Å². The number of benzene rings is 1. The minimum Gasteiger partial charge on any atom is -0.399 e. The van der Waals surface area contributed by atoms with E-state index in [-0.39, 0.29) is 11.8 Å². The van der Waals surface area contributed by atoms with Gasteiger partial charge in [-0.15, -0.1) is 0 Å². The number of methoxy groups -OCH3 is 1. The number of rotatable bonds is 10. The van der Waals surface area contributed by atoms with Gasteiger partial charge in [-0.2, -0.15) is 0 Å². The second-order valence-corrected chi connectivity index (χ2v) is 8.71. The van der Waals surface area contributed by atoms with E-state index in [1.807, 2.05) is 4.57 Å². The molecule has 1 aliphatic heterocycles. The number of hydrogen-bond donors (Lipinski definition) is 3. The monoisotopic (exact) mass is 479 g/mol. The molecule has 0 radical (unpaired) electrons. The fourth-order valence-corrected chi connectivity index (χ4v) is 4.52. The van der Waals surface area contributed by atoms with Crippen molar-refractivity contribution < 1.29 is 14.3 Å². The molecule has 1 fully saturated rings. The van der Waals surface area contributed by atoms with Gasteiger partial charge >= 0.3 is 0 Å². The Morgan fingerprint density at radius 3 is 2.86 bits per heavy atom. The van der Waals surface area contributed by atoms with Crippen LogP contribution in [0.3, 0.4) is 0 Å². The first kappa shape index (κ1) is 24.6. The van der Waals surface area contributed by atoms with Gasteiger partial charge in [0, 0.05) is 50.3 Å². The topological polar surface area (TPSA) is 127 Å². The number of nitrogens with two attached hydrogens (primary N) is 1. The number of amides is 2. The van der Waals surface area contributed by atoms with E-state index in [0.717, 1.165) is 25.9 Å². The summed E-state index contributed by atoms with van der Waals surface area (Å²) < 4.78 is 7.01. The first-order chi connectivity index (χ1) is 17.0. The van der Waals surface area contributed by atoms with Gasteiger partial charge in [-0.25, -0.2) is 9.97 Å². The van der Waals surface area contributed by atoms with Gasteiger partial charge in [0.25, 0.3) is 11.8 Å². The maximum atomic E-state index is 12.8. The van der Waals surface area contributed by atoms with Gasteiger partial charge in [0.05, 0.1) is 5.56 Å². The van der Waals surface area contributed by atoms with E-state index in [9.17, 15) is 9.59 Å². The van der Waals surface area contributed by atoms with Gasteiger partial charge < -0.3 is 15.8 Å². The molecule has 1 aromatic carbocycles. The second-order valence-electron chi connectivity index (χ2n) is 8.71. The van der Waals surface area contributed by atoms with Crippen LogP contribution in [0.2, 0.25) is 0 Å². The summed E-state index contributed by atoms with van der Waals surface area (Å²) in [5, 5.41) is 5.90. The van der Waals surface area contributed by atoms with Crippen LogP contribution in [-0.4, -0.2) is 70.6 Å². The van der Waals surface area contributed by atoms with E-state index in [1.54, 1.807) is 43.6 Å². The third kappa shape index (κ3) is 5.77. The van der Waals surface area contributed by atoms with E-state index in [0.29, 0.717) is 66.1 Å². The molecule has 1 saturated heterocycles. The molecule has 10 heteroatoms. The fourth-order valence-electron chi connectivity index (χ4n) is 4.52. The molecule has 1 aliphatic rings. The van der Waals surface area contributed by atoms with Gasteiger partial charge in [-0.3, -0.25) is 24.4 Å². The maximum absolute atomic E-state index is 12.8. The molecule has 2 amide bonds. The van der Waals surface area contributed by atoms with Crippen molar-refractivity contribution in [3.05, 3.63) is 47.7 Å². The van der Waals surface area contributed by atoms with Gasteiger partial charge in [-0.1, -0.05) is 13.0 Å². The third-order valence-electron chi connectivity index (χ3n) is 6.35. The van der Waals surface area contributed by atoms with Crippen molar-refractivity contribution in [3.8, 4) is 0 Å². The summed E-state index contributed by atoms with van der Waals surface area (Å²) in [7, 11) is 1.64. The number of pyridine rings is 1. The van der Waals surface area contributed by atoms with Crippen LogP contribution < -0.4 is 16.4 Å². The van der Waals surface area contributed by atoms with Crippen LogP contribution in [0.4, 0.5) is 11.6 Å². The summed E-state index contributed by atoms with van der Waals surface area (Å²) in [5.41, 5.74) is 8.32. The summed E-state index contributed by atoms with van der Waals surface area (Å²) in [6, 6.07) is 8.83. The maximum Gasteiger partial charge on any atom is 0.258 e. The first-order valence-electron chi connectivity index (χ1n) is 12.0. The zero-order chi connectivity index (χ0) is 24.8. The number of aromatic nitrogens is 3. The van der Waals surface area contributed by atoms with E-state index in [1.165, 1.54) is 0 Å². The van der Waals surface area contributed by atoms with Gasteiger partial charge in [0.1, 0.15) is 5.52 Å². The van der Waals surface area contributed by atoms with Crippen LogP contribution in [0.5, 0.6) is 0 Å². The van der Waals surface area contributed by atoms with Crippen molar-refractivity contribution in [2.75, 3.05) is 44.4 Å². The number of likely N-dealkylation sites (tertiary alicyclic amines) is 1. The molecule has 3 aromatic rings. The lowest BCUT2D eigenvalue weighted by atomic mass is 10.2. The van der Waals surface area contributed by atoms with Crippen molar-refractivity contribution in [1.82, 2.24) is 24.8 Å². The molecule has 4 rings (SSSR count). The minimum absolute atomic E-state index is 0.179. The quantitative estimate of drug-likeness (QED) is 0.301. The summed E-state index contributed by atoms with van der Waals surface area (Å²) in [5.74, 6) is -0.143. The van der Waals surface area contributed by atoms with Gasteiger partial charge in [0.2, 0.25) is 5.95 Å². The molecule has 2 aromatic heterocycles. The van der Waals surface area contributed by atoms with Crippen LogP contribution in [-0.2, 0) is 11.3 Å². The van der Waals surface area contributed by atoms with E-state index >= 15 is 0 Å². The number of fused-ring (bicyclic) bond motifs is 1. The summed E-state index contributed by atoms with van der Waals surface area (Å²) >= 11 is 0.